The molecule has 1 heterocycles. The fourth-order valence-corrected chi connectivity index (χ4v) is 2.71. The van der Waals surface area contributed by atoms with E-state index < -0.39 is 0 Å². The maximum absolute atomic E-state index is 12.5. The number of Topliss-reactive ketones (excluding diaryl/α,β-unsaturated/α-hetero) is 1. The molecule has 1 aliphatic heterocycles. The molecule has 0 aromatic carbocycles. The van der Waals surface area contributed by atoms with Gasteiger partial charge in [0.2, 0.25) is 5.91 Å². The van der Waals surface area contributed by atoms with Gasteiger partial charge < -0.3 is 4.90 Å². The van der Waals surface area contributed by atoms with E-state index in [0.717, 1.165) is 25.9 Å². The average molecular weight is 295 g/mol. The SMILES string of the molecule is CC(C)CC(=O)N1CCC(CC(=O)C(C)(C)C(C)C)CC1. The van der Waals surface area contributed by atoms with Gasteiger partial charge in [0, 0.05) is 31.3 Å². The summed E-state index contributed by atoms with van der Waals surface area (Å²) in [5.41, 5.74) is -0.232. The Morgan fingerprint density at radius 2 is 1.62 bits per heavy atom. The van der Waals surface area contributed by atoms with Crippen LogP contribution < -0.4 is 0 Å². The van der Waals surface area contributed by atoms with Crippen LogP contribution in [0.2, 0.25) is 0 Å². The van der Waals surface area contributed by atoms with Gasteiger partial charge >= 0.3 is 0 Å². The van der Waals surface area contributed by atoms with Gasteiger partial charge in [0.1, 0.15) is 5.78 Å². The number of piperidine rings is 1. The Hall–Kier alpha value is -0.860. The third kappa shape index (κ3) is 5.12. The molecule has 0 N–H and O–H groups in total. The summed E-state index contributed by atoms with van der Waals surface area (Å²) in [7, 11) is 0. The lowest BCUT2D eigenvalue weighted by Crippen LogP contribution is -2.40. The Morgan fingerprint density at radius 3 is 2.05 bits per heavy atom. The Kier molecular flexibility index (Phi) is 6.42. The normalized spacial score (nSPS) is 17.6. The van der Waals surface area contributed by atoms with Crippen LogP contribution >= 0.6 is 0 Å². The van der Waals surface area contributed by atoms with Gasteiger partial charge in [-0.05, 0) is 30.6 Å². The summed E-state index contributed by atoms with van der Waals surface area (Å²) in [5, 5.41) is 0. The molecule has 0 atom stereocenters. The maximum Gasteiger partial charge on any atom is 0.222 e. The molecular weight excluding hydrogens is 262 g/mol. The van der Waals surface area contributed by atoms with Crippen LogP contribution in [0.15, 0.2) is 0 Å². The number of carbonyl (C=O) groups is 2. The van der Waals surface area contributed by atoms with Crippen molar-refractivity contribution in [3.8, 4) is 0 Å². The Balaban J connectivity index is 2.44. The largest absolute Gasteiger partial charge is 0.343 e. The van der Waals surface area contributed by atoms with E-state index in [1.165, 1.54) is 0 Å². The van der Waals surface area contributed by atoms with Crippen LogP contribution in [0.25, 0.3) is 0 Å². The van der Waals surface area contributed by atoms with E-state index in [4.69, 9.17) is 0 Å². The number of hydrogen-bond donors (Lipinski definition) is 0. The molecule has 1 fully saturated rings. The molecule has 0 radical (unpaired) electrons. The summed E-state index contributed by atoms with van der Waals surface area (Å²) >= 11 is 0. The van der Waals surface area contributed by atoms with Crippen molar-refractivity contribution in [1.29, 1.82) is 0 Å². The van der Waals surface area contributed by atoms with Crippen molar-refractivity contribution in [3.05, 3.63) is 0 Å². The van der Waals surface area contributed by atoms with E-state index >= 15 is 0 Å². The van der Waals surface area contributed by atoms with Gasteiger partial charge in [0.15, 0.2) is 0 Å². The van der Waals surface area contributed by atoms with E-state index in [1.807, 2.05) is 4.90 Å². The highest BCUT2D eigenvalue weighted by Gasteiger charge is 2.33. The number of ketones is 1. The molecule has 3 nitrogen and oxygen atoms in total. The van der Waals surface area contributed by atoms with Crippen molar-refractivity contribution in [1.82, 2.24) is 4.90 Å². The van der Waals surface area contributed by atoms with Crippen LogP contribution in [0.1, 0.15) is 67.2 Å². The van der Waals surface area contributed by atoms with Crippen LogP contribution in [0, 0.1) is 23.2 Å². The first-order valence-electron chi connectivity index (χ1n) is 8.45. The van der Waals surface area contributed by atoms with E-state index in [0.29, 0.717) is 36.4 Å². The maximum atomic E-state index is 12.5. The van der Waals surface area contributed by atoms with Crippen LogP contribution in [-0.2, 0) is 9.59 Å². The standard InChI is InChI=1S/C18H33NO2/c1-13(2)11-17(21)19-9-7-15(8-10-19)12-16(20)18(5,6)14(3)4/h13-15H,7-12H2,1-6H3. The second-order valence-electron chi connectivity index (χ2n) is 7.93. The molecule has 1 aliphatic rings. The molecule has 1 amide bonds. The average Bonchev–Trinajstić information content (AvgIpc) is 2.38. The molecule has 0 aromatic rings. The lowest BCUT2D eigenvalue weighted by Gasteiger charge is -2.34. The van der Waals surface area contributed by atoms with Gasteiger partial charge in [0.25, 0.3) is 0 Å². The molecule has 21 heavy (non-hydrogen) atoms. The summed E-state index contributed by atoms with van der Waals surface area (Å²) in [6, 6.07) is 0. The third-order valence-corrected chi connectivity index (χ3v) is 5.19. The molecule has 0 aliphatic carbocycles. The zero-order valence-electron chi connectivity index (χ0n) is 14.7. The van der Waals surface area contributed by atoms with Crippen molar-refractivity contribution >= 4 is 11.7 Å². The first-order chi connectivity index (χ1) is 9.64. The third-order valence-electron chi connectivity index (χ3n) is 5.19. The van der Waals surface area contributed by atoms with Crippen LogP contribution in [0.4, 0.5) is 0 Å². The number of amides is 1. The molecule has 0 bridgehead atoms. The highest BCUT2D eigenvalue weighted by atomic mass is 16.2. The summed E-state index contributed by atoms with van der Waals surface area (Å²) in [6.07, 6.45) is 3.27. The molecule has 0 spiro atoms. The zero-order chi connectivity index (χ0) is 16.2. The van der Waals surface area contributed by atoms with E-state index in [-0.39, 0.29) is 11.3 Å². The predicted octanol–water partition coefficient (Wildman–Crippen LogP) is 3.91. The fourth-order valence-electron chi connectivity index (χ4n) is 2.71. The molecule has 122 valence electrons. The Labute approximate surface area is 130 Å². The van der Waals surface area contributed by atoms with Crippen molar-refractivity contribution in [3.63, 3.8) is 0 Å². The quantitative estimate of drug-likeness (QED) is 0.745. The monoisotopic (exact) mass is 295 g/mol. The summed E-state index contributed by atoms with van der Waals surface area (Å²) in [6.45, 7) is 14.2. The number of hydrogen-bond acceptors (Lipinski definition) is 2. The molecule has 0 unspecified atom stereocenters. The smallest absolute Gasteiger partial charge is 0.222 e. The minimum absolute atomic E-state index is 0.232. The van der Waals surface area contributed by atoms with Gasteiger partial charge in [-0.3, -0.25) is 9.59 Å². The minimum atomic E-state index is -0.232. The fraction of sp³-hybridized carbons (Fsp3) is 0.889. The summed E-state index contributed by atoms with van der Waals surface area (Å²) in [5.74, 6) is 1.90. The zero-order valence-corrected chi connectivity index (χ0v) is 14.7. The van der Waals surface area contributed by atoms with Gasteiger partial charge in [-0.25, -0.2) is 0 Å². The first kappa shape index (κ1) is 18.2. The highest BCUT2D eigenvalue weighted by molar-refractivity contribution is 5.84. The second-order valence-corrected chi connectivity index (χ2v) is 7.93. The van der Waals surface area contributed by atoms with Gasteiger partial charge in [-0.1, -0.05) is 41.5 Å². The number of carbonyl (C=O) groups excluding carboxylic acids is 2. The highest BCUT2D eigenvalue weighted by Crippen LogP contribution is 2.32. The Bertz CT molecular complexity index is 363. The predicted molar refractivity (Wildman–Crippen MR) is 87.0 cm³/mol. The lowest BCUT2D eigenvalue weighted by molar-refractivity contribution is -0.134. The van der Waals surface area contributed by atoms with Gasteiger partial charge in [0.05, 0.1) is 0 Å². The number of rotatable bonds is 6. The minimum Gasteiger partial charge on any atom is -0.343 e. The molecular formula is C18H33NO2. The van der Waals surface area contributed by atoms with E-state index in [9.17, 15) is 9.59 Å². The van der Waals surface area contributed by atoms with E-state index in [1.54, 1.807) is 0 Å². The van der Waals surface area contributed by atoms with E-state index in [2.05, 4.69) is 41.5 Å². The van der Waals surface area contributed by atoms with Crippen LogP contribution in [0.3, 0.4) is 0 Å². The van der Waals surface area contributed by atoms with Crippen molar-refractivity contribution in [2.24, 2.45) is 23.2 Å². The summed E-state index contributed by atoms with van der Waals surface area (Å²) < 4.78 is 0. The first-order valence-corrected chi connectivity index (χ1v) is 8.45. The van der Waals surface area contributed by atoms with Crippen LogP contribution in [-0.4, -0.2) is 29.7 Å². The second kappa shape index (κ2) is 7.42. The molecule has 3 heteroatoms. The summed E-state index contributed by atoms with van der Waals surface area (Å²) in [4.78, 5) is 26.5. The topological polar surface area (TPSA) is 37.4 Å². The van der Waals surface area contributed by atoms with Crippen molar-refractivity contribution in [2.75, 3.05) is 13.1 Å². The van der Waals surface area contributed by atoms with Crippen molar-refractivity contribution < 1.29 is 9.59 Å². The lowest BCUT2D eigenvalue weighted by atomic mass is 9.74. The number of likely N-dealkylation sites (tertiary alicyclic amines) is 1. The molecule has 0 saturated carbocycles. The van der Waals surface area contributed by atoms with Crippen molar-refractivity contribution in [2.45, 2.75) is 67.2 Å². The molecule has 0 aromatic heterocycles. The van der Waals surface area contributed by atoms with Gasteiger partial charge in [-0.2, -0.15) is 0 Å². The van der Waals surface area contributed by atoms with Crippen LogP contribution in [0.5, 0.6) is 0 Å². The molecule has 1 saturated heterocycles. The number of nitrogens with zero attached hydrogens (tertiary/aromatic N) is 1. The Morgan fingerprint density at radius 1 is 1.10 bits per heavy atom. The molecule has 1 rings (SSSR count). The van der Waals surface area contributed by atoms with Gasteiger partial charge in [-0.15, -0.1) is 0 Å².